The quantitative estimate of drug-likeness (QED) is 0.607. The molecule has 0 radical (unpaired) electrons. The molecule has 31 heavy (non-hydrogen) atoms. The van der Waals surface area contributed by atoms with Gasteiger partial charge in [0, 0.05) is 30.6 Å². The van der Waals surface area contributed by atoms with Crippen molar-refractivity contribution >= 4 is 17.7 Å². The van der Waals surface area contributed by atoms with Gasteiger partial charge in [0.05, 0.1) is 17.7 Å². The maximum atomic E-state index is 13.2. The molecule has 3 amide bonds. The molecule has 0 atom stereocenters. The molecule has 5 rings (SSSR count). The smallest absolute Gasteiger partial charge is 0.261 e. The van der Waals surface area contributed by atoms with Crippen LogP contribution >= 0.6 is 0 Å². The highest BCUT2D eigenvalue weighted by Gasteiger charge is 2.35. The standard InChI is InChI=1S/C23H18FN3O4/c24-15-7-5-14(6-8-15)21-18-9-11-26(13-19(18)25-31-21)20(28)10-12-27-22(29)16-3-1-2-4-17(16)23(27)30/h1-8H,9-13H2. The van der Waals surface area contributed by atoms with Gasteiger partial charge >= 0.3 is 0 Å². The van der Waals surface area contributed by atoms with Crippen LogP contribution in [0.25, 0.3) is 11.3 Å². The molecule has 0 bridgehead atoms. The fraction of sp³-hybridized carbons (Fsp3) is 0.217. The molecule has 2 aliphatic rings. The summed E-state index contributed by atoms with van der Waals surface area (Å²) in [5, 5.41) is 4.10. The molecular formula is C23H18FN3O4. The third kappa shape index (κ3) is 3.30. The molecule has 2 aromatic carbocycles. The van der Waals surface area contributed by atoms with Crippen LogP contribution in [0.3, 0.4) is 0 Å². The van der Waals surface area contributed by atoms with Gasteiger partial charge in [-0.1, -0.05) is 17.3 Å². The number of amides is 3. The highest BCUT2D eigenvalue weighted by atomic mass is 19.1. The summed E-state index contributed by atoms with van der Waals surface area (Å²) in [7, 11) is 0. The van der Waals surface area contributed by atoms with Crippen molar-refractivity contribution in [2.45, 2.75) is 19.4 Å². The first-order valence-corrected chi connectivity index (χ1v) is 9.99. The van der Waals surface area contributed by atoms with Crippen LogP contribution in [-0.4, -0.2) is 45.8 Å². The van der Waals surface area contributed by atoms with Gasteiger partial charge in [-0.25, -0.2) is 4.39 Å². The second kappa shape index (κ2) is 7.46. The molecule has 0 N–H and O–H groups in total. The minimum Gasteiger partial charge on any atom is -0.356 e. The molecule has 0 aliphatic carbocycles. The summed E-state index contributed by atoms with van der Waals surface area (Å²) in [6.07, 6.45) is 0.605. The predicted molar refractivity (Wildman–Crippen MR) is 107 cm³/mol. The fourth-order valence-corrected chi connectivity index (χ4v) is 4.08. The zero-order valence-corrected chi connectivity index (χ0v) is 16.5. The van der Waals surface area contributed by atoms with Crippen molar-refractivity contribution in [3.8, 4) is 11.3 Å². The number of nitrogens with zero attached hydrogens (tertiary/aromatic N) is 3. The number of aromatic nitrogens is 1. The van der Waals surface area contributed by atoms with Crippen LogP contribution < -0.4 is 0 Å². The minimum absolute atomic E-state index is 0.0359. The Hall–Kier alpha value is -3.81. The van der Waals surface area contributed by atoms with Gasteiger partial charge in [-0.05, 0) is 42.8 Å². The number of hydrogen-bond donors (Lipinski definition) is 0. The maximum absolute atomic E-state index is 13.2. The van der Waals surface area contributed by atoms with E-state index in [2.05, 4.69) is 5.16 Å². The third-order valence-electron chi connectivity index (χ3n) is 5.73. The van der Waals surface area contributed by atoms with E-state index >= 15 is 0 Å². The first-order chi connectivity index (χ1) is 15.0. The molecule has 0 saturated heterocycles. The summed E-state index contributed by atoms with van der Waals surface area (Å²) in [5.41, 5.74) is 3.06. The van der Waals surface area contributed by atoms with Crippen LogP contribution in [0.4, 0.5) is 4.39 Å². The van der Waals surface area contributed by atoms with Crippen LogP contribution in [0.15, 0.2) is 53.1 Å². The molecule has 2 aliphatic heterocycles. The lowest BCUT2D eigenvalue weighted by molar-refractivity contribution is -0.132. The zero-order chi connectivity index (χ0) is 21.5. The van der Waals surface area contributed by atoms with E-state index in [0.29, 0.717) is 42.1 Å². The normalized spacial score (nSPS) is 15.3. The van der Waals surface area contributed by atoms with Gasteiger partial charge in [-0.3, -0.25) is 19.3 Å². The molecular weight excluding hydrogens is 401 g/mol. The molecule has 3 aromatic rings. The minimum atomic E-state index is -0.366. The van der Waals surface area contributed by atoms with E-state index in [0.717, 1.165) is 16.0 Å². The second-order valence-electron chi connectivity index (χ2n) is 7.57. The van der Waals surface area contributed by atoms with E-state index in [-0.39, 0.29) is 36.5 Å². The number of halogens is 1. The van der Waals surface area contributed by atoms with Gasteiger partial charge in [-0.15, -0.1) is 0 Å². The van der Waals surface area contributed by atoms with Crippen molar-refractivity contribution in [3.63, 3.8) is 0 Å². The van der Waals surface area contributed by atoms with Gasteiger partial charge in [0.2, 0.25) is 5.91 Å². The monoisotopic (exact) mass is 419 g/mol. The molecule has 0 fully saturated rings. The van der Waals surface area contributed by atoms with E-state index < -0.39 is 0 Å². The molecule has 156 valence electrons. The van der Waals surface area contributed by atoms with Crippen molar-refractivity contribution in [1.82, 2.24) is 15.0 Å². The Labute approximate surface area is 177 Å². The van der Waals surface area contributed by atoms with Crippen LogP contribution in [0.1, 0.15) is 38.4 Å². The van der Waals surface area contributed by atoms with Gasteiger partial charge in [0.25, 0.3) is 11.8 Å². The van der Waals surface area contributed by atoms with Crippen molar-refractivity contribution in [3.05, 3.63) is 76.7 Å². The average Bonchev–Trinajstić information content (AvgIpc) is 3.32. The lowest BCUT2D eigenvalue weighted by Gasteiger charge is -2.26. The fourth-order valence-electron chi connectivity index (χ4n) is 4.08. The molecule has 1 aromatic heterocycles. The molecule has 8 heteroatoms. The largest absolute Gasteiger partial charge is 0.356 e. The predicted octanol–water partition coefficient (Wildman–Crippen LogP) is 3.05. The summed E-state index contributed by atoms with van der Waals surface area (Å²) in [4.78, 5) is 40.4. The highest BCUT2D eigenvalue weighted by molar-refractivity contribution is 6.21. The Morgan fingerprint density at radius 2 is 1.71 bits per heavy atom. The Balaban J connectivity index is 1.24. The molecule has 0 saturated carbocycles. The Kier molecular flexibility index (Phi) is 4.62. The number of hydrogen-bond acceptors (Lipinski definition) is 5. The van der Waals surface area contributed by atoms with Crippen LogP contribution in [0, 0.1) is 5.82 Å². The molecule has 0 spiro atoms. The summed E-state index contributed by atoms with van der Waals surface area (Å²) in [6.45, 7) is 0.804. The van der Waals surface area contributed by atoms with Gasteiger partial charge in [0.1, 0.15) is 11.5 Å². The van der Waals surface area contributed by atoms with E-state index in [9.17, 15) is 18.8 Å². The van der Waals surface area contributed by atoms with Gasteiger partial charge < -0.3 is 9.42 Å². The maximum Gasteiger partial charge on any atom is 0.261 e. The highest BCUT2D eigenvalue weighted by Crippen LogP contribution is 2.31. The molecule has 7 nitrogen and oxygen atoms in total. The van der Waals surface area contributed by atoms with Crippen molar-refractivity contribution in [2.24, 2.45) is 0 Å². The lowest BCUT2D eigenvalue weighted by atomic mass is 10.0. The summed E-state index contributed by atoms with van der Waals surface area (Å²) in [6, 6.07) is 12.7. The zero-order valence-electron chi connectivity index (χ0n) is 16.5. The van der Waals surface area contributed by atoms with E-state index in [1.807, 2.05) is 0 Å². The summed E-state index contributed by atoms with van der Waals surface area (Å²) in [5.74, 6) is -0.627. The van der Waals surface area contributed by atoms with E-state index in [1.54, 1.807) is 41.3 Å². The average molecular weight is 419 g/mol. The van der Waals surface area contributed by atoms with Crippen LogP contribution in [0.2, 0.25) is 0 Å². The SMILES string of the molecule is O=C(CCN1C(=O)c2ccccc2C1=O)N1CCc2c(noc2-c2ccc(F)cc2)C1. The number of carbonyl (C=O) groups excluding carboxylic acids is 3. The number of fused-ring (bicyclic) bond motifs is 2. The third-order valence-corrected chi connectivity index (χ3v) is 5.73. The van der Waals surface area contributed by atoms with Crippen molar-refractivity contribution in [1.29, 1.82) is 0 Å². The number of carbonyl (C=O) groups is 3. The van der Waals surface area contributed by atoms with Crippen molar-refractivity contribution in [2.75, 3.05) is 13.1 Å². The number of benzene rings is 2. The Morgan fingerprint density at radius 1 is 1.03 bits per heavy atom. The van der Waals surface area contributed by atoms with Gasteiger partial charge in [0.15, 0.2) is 5.76 Å². The number of rotatable bonds is 4. The lowest BCUT2D eigenvalue weighted by Crippen LogP contribution is -2.39. The molecule has 0 unspecified atom stereocenters. The van der Waals surface area contributed by atoms with Crippen LogP contribution in [0.5, 0.6) is 0 Å². The van der Waals surface area contributed by atoms with Crippen molar-refractivity contribution < 1.29 is 23.3 Å². The first kappa shape index (κ1) is 19.2. The summed E-state index contributed by atoms with van der Waals surface area (Å²) >= 11 is 0. The van der Waals surface area contributed by atoms with E-state index in [4.69, 9.17) is 4.52 Å². The number of imide groups is 1. The van der Waals surface area contributed by atoms with Gasteiger partial charge in [-0.2, -0.15) is 0 Å². The topological polar surface area (TPSA) is 83.7 Å². The molecule has 3 heterocycles. The second-order valence-corrected chi connectivity index (χ2v) is 7.57. The Morgan fingerprint density at radius 3 is 2.39 bits per heavy atom. The van der Waals surface area contributed by atoms with Crippen LogP contribution in [-0.2, 0) is 17.8 Å². The Bertz CT molecular complexity index is 1170. The van der Waals surface area contributed by atoms with E-state index in [1.165, 1.54) is 12.1 Å². The first-order valence-electron chi connectivity index (χ1n) is 9.99. The summed E-state index contributed by atoms with van der Waals surface area (Å²) < 4.78 is 18.7.